The van der Waals surface area contributed by atoms with E-state index < -0.39 is 0 Å². The van der Waals surface area contributed by atoms with Gasteiger partial charge in [-0.25, -0.2) is 0 Å². The fraction of sp³-hybridized carbons (Fsp3) is 0.0870. The first-order valence-corrected chi connectivity index (χ1v) is 8.81. The summed E-state index contributed by atoms with van der Waals surface area (Å²) in [5, 5.41) is 2.23. The third-order valence-corrected chi connectivity index (χ3v) is 5.07. The molecular weight excluding hydrogens is 320 g/mol. The smallest absolute Gasteiger partial charge is 0.228 e. The monoisotopic (exact) mass is 338 g/mol. The third kappa shape index (κ3) is 2.04. The van der Waals surface area contributed by atoms with E-state index >= 15 is 0 Å². The van der Waals surface area contributed by atoms with E-state index in [-0.39, 0.29) is 5.91 Å². The molecule has 0 unspecified atom stereocenters. The van der Waals surface area contributed by atoms with Crippen molar-refractivity contribution in [2.24, 2.45) is 0 Å². The minimum Gasteiger partial charge on any atom is -0.334 e. The van der Waals surface area contributed by atoms with E-state index in [0.717, 1.165) is 39.4 Å². The molecule has 0 aliphatic rings. The summed E-state index contributed by atoms with van der Waals surface area (Å²) in [6, 6.07) is 27.0. The lowest BCUT2D eigenvalue weighted by Gasteiger charge is -2.08. The van der Waals surface area contributed by atoms with Crippen LogP contribution in [0.1, 0.15) is 17.3 Å². The zero-order valence-electron chi connectivity index (χ0n) is 14.5. The minimum absolute atomic E-state index is 0.0406. The van der Waals surface area contributed by atoms with Gasteiger partial charge in [-0.2, -0.15) is 0 Å². The molecule has 0 aliphatic heterocycles. The van der Waals surface area contributed by atoms with Crippen molar-refractivity contribution in [3.05, 3.63) is 84.4 Å². The number of rotatable bonds is 2. The third-order valence-electron chi connectivity index (χ3n) is 5.07. The second-order valence-corrected chi connectivity index (χ2v) is 6.66. The molecule has 26 heavy (non-hydrogen) atoms. The Morgan fingerprint density at radius 2 is 1.31 bits per heavy atom. The van der Waals surface area contributed by atoms with Crippen LogP contribution in [0.4, 0.5) is 0 Å². The number of hydrogen-bond acceptors (Lipinski definition) is 1. The summed E-state index contributed by atoms with van der Waals surface area (Å²) in [6.07, 6.45) is 0. The molecule has 0 amide bonds. The first-order chi connectivity index (χ1) is 12.8. The van der Waals surface area contributed by atoms with Crippen molar-refractivity contribution in [3.63, 3.8) is 0 Å². The predicted octanol–water partition coefficient (Wildman–Crippen LogP) is 5.46. The van der Waals surface area contributed by atoms with E-state index in [0.29, 0.717) is 0 Å². The van der Waals surface area contributed by atoms with Crippen LogP contribution < -0.4 is 0 Å². The molecule has 0 saturated carbocycles. The number of carbonyl (C=O) groups excluding carboxylic acids is 1. The highest BCUT2D eigenvalue weighted by Gasteiger charge is 2.21. The molecule has 5 aromatic rings. The van der Waals surface area contributed by atoms with E-state index in [1.807, 2.05) is 34.9 Å². The van der Waals surface area contributed by atoms with Gasteiger partial charge in [-0.3, -0.25) is 9.36 Å². The van der Waals surface area contributed by atoms with Crippen molar-refractivity contribution in [1.29, 1.82) is 0 Å². The van der Waals surface area contributed by atoms with Crippen LogP contribution in [0.2, 0.25) is 0 Å². The summed E-state index contributed by atoms with van der Waals surface area (Å²) in [5.41, 5.74) is 5.50. The van der Waals surface area contributed by atoms with Gasteiger partial charge in [0.2, 0.25) is 5.91 Å². The van der Waals surface area contributed by atoms with Crippen LogP contribution in [0.5, 0.6) is 0 Å². The number of para-hydroxylation sites is 2. The van der Waals surface area contributed by atoms with Crippen LogP contribution in [-0.4, -0.2) is 15.0 Å². The Labute approximate surface area is 151 Å². The number of hydrogen-bond donors (Lipinski definition) is 0. The quantitative estimate of drug-likeness (QED) is 0.420. The molecule has 3 aromatic carbocycles. The largest absolute Gasteiger partial charge is 0.334 e. The fourth-order valence-electron chi connectivity index (χ4n) is 4.03. The van der Waals surface area contributed by atoms with Crippen LogP contribution in [-0.2, 0) is 6.54 Å². The topological polar surface area (TPSA) is 26.9 Å². The van der Waals surface area contributed by atoms with Crippen molar-refractivity contribution in [2.45, 2.75) is 13.5 Å². The second-order valence-electron chi connectivity index (χ2n) is 6.66. The van der Waals surface area contributed by atoms with Gasteiger partial charge in [0.15, 0.2) is 0 Å². The first kappa shape index (κ1) is 15.0. The molecule has 0 N–H and O–H groups in total. The molecule has 0 saturated heterocycles. The molecule has 0 aliphatic carbocycles. The molecule has 2 aromatic heterocycles. The first-order valence-electron chi connectivity index (χ1n) is 8.81. The van der Waals surface area contributed by atoms with Gasteiger partial charge in [-0.15, -0.1) is 0 Å². The summed E-state index contributed by atoms with van der Waals surface area (Å²) in [5.74, 6) is 0.0406. The average Bonchev–Trinajstić information content (AvgIpc) is 3.17. The molecular formula is C23H18N2O. The maximum Gasteiger partial charge on any atom is 0.228 e. The molecule has 0 fully saturated rings. The number of benzene rings is 3. The lowest BCUT2D eigenvalue weighted by atomic mass is 10.2. The normalized spacial score (nSPS) is 11.6. The molecule has 3 heteroatoms. The van der Waals surface area contributed by atoms with Crippen LogP contribution >= 0.6 is 0 Å². The summed E-state index contributed by atoms with van der Waals surface area (Å²) in [6.45, 7) is 2.41. The Kier molecular flexibility index (Phi) is 3.22. The number of aromatic nitrogens is 2. The van der Waals surface area contributed by atoms with Crippen LogP contribution in [0.25, 0.3) is 32.8 Å². The summed E-state index contributed by atoms with van der Waals surface area (Å²) in [4.78, 5) is 12.5. The van der Waals surface area contributed by atoms with Crippen molar-refractivity contribution >= 4 is 38.7 Å². The van der Waals surface area contributed by atoms with E-state index in [9.17, 15) is 4.79 Å². The lowest BCUT2D eigenvalue weighted by Crippen LogP contribution is -2.04. The standard InChI is InChI=1S/C23H18N2O/c1-16(26)25-21-14-8-6-12-19(21)22-23(25)18-11-5-7-13-20(18)24(22)15-17-9-3-2-4-10-17/h2-14H,15H2,1H3. The Morgan fingerprint density at radius 3 is 2.00 bits per heavy atom. The van der Waals surface area contributed by atoms with E-state index in [2.05, 4.69) is 53.1 Å². The summed E-state index contributed by atoms with van der Waals surface area (Å²) >= 11 is 0. The van der Waals surface area contributed by atoms with Crippen molar-refractivity contribution in [2.75, 3.05) is 0 Å². The Balaban J connectivity index is 1.97. The SMILES string of the molecule is CC(=O)n1c2ccccc2c2c1c1ccccc1n2Cc1ccccc1. The molecule has 2 heterocycles. The van der Waals surface area contributed by atoms with Gasteiger partial charge in [0, 0.05) is 24.2 Å². The van der Waals surface area contributed by atoms with Crippen LogP contribution in [0.3, 0.4) is 0 Å². The molecule has 0 spiro atoms. The van der Waals surface area contributed by atoms with E-state index in [1.165, 1.54) is 5.56 Å². The van der Waals surface area contributed by atoms with E-state index in [4.69, 9.17) is 0 Å². The average molecular weight is 338 g/mol. The highest BCUT2D eigenvalue weighted by atomic mass is 16.1. The van der Waals surface area contributed by atoms with Crippen LogP contribution in [0.15, 0.2) is 78.9 Å². The fourth-order valence-corrected chi connectivity index (χ4v) is 4.03. The molecule has 3 nitrogen and oxygen atoms in total. The Bertz CT molecular complexity index is 1270. The van der Waals surface area contributed by atoms with E-state index in [1.54, 1.807) is 6.92 Å². The maximum absolute atomic E-state index is 12.5. The summed E-state index contributed by atoms with van der Waals surface area (Å²) < 4.78 is 4.19. The molecule has 0 radical (unpaired) electrons. The van der Waals surface area contributed by atoms with Crippen molar-refractivity contribution < 1.29 is 4.79 Å². The Hall–Kier alpha value is -3.33. The zero-order chi connectivity index (χ0) is 17.7. The maximum atomic E-state index is 12.5. The highest BCUT2D eigenvalue weighted by molar-refractivity contribution is 6.21. The van der Waals surface area contributed by atoms with Gasteiger partial charge in [0.05, 0.1) is 22.1 Å². The molecule has 126 valence electrons. The summed E-state index contributed by atoms with van der Waals surface area (Å²) in [7, 11) is 0. The Morgan fingerprint density at radius 1 is 0.731 bits per heavy atom. The molecule has 0 atom stereocenters. The van der Waals surface area contributed by atoms with Gasteiger partial charge < -0.3 is 4.57 Å². The van der Waals surface area contributed by atoms with Gasteiger partial charge in [0.1, 0.15) is 0 Å². The number of carbonyl (C=O) groups is 1. The number of nitrogens with zero attached hydrogens (tertiary/aromatic N) is 2. The molecule has 5 rings (SSSR count). The van der Waals surface area contributed by atoms with Crippen LogP contribution in [0, 0.1) is 0 Å². The van der Waals surface area contributed by atoms with Gasteiger partial charge in [0.25, 0.3) is 0 Å². The molecule has 0 bridgehead atoms. The highest BCUT2D eigenvalue weighted by Crippen LogP contribution is 2.37. The van der Waals surface area contributed by atoms with Gasteiger partial charge in [-0.05, 0) is 17.7 Å². The van der Waals surface area contributed by atoms with Crippen molar-refractivity contribution in [1.82, 2.24) is 9.13 Å². The van der Waals surface area contributed by atoms with Crippen molar-refractivity contribution in [3.8, 4) is 0 Å². The predicted molar refractivity (Wildman–Crippen MR) is 107 cm³/mol. The zero-order valence-corrected chi connectivity index (χ0v) is 14.5. The lowest BCUT2D eigenvalue weighted by molar-refractivity contribution is 0.0946. The van der Waals surface area contributed by atoms with Gasteiger partial charge >= 0.3 is 0 Å². The number of fused-ring (bicyclic) bond motifs is 5. The second kappa shape index (κ2) is 5.60. The van der Waals surface area contributed by atoms with Gasteiger partial charge in [-0.1, -0.05) is 66.7 Å². The minimum atomic E-state index is 0.0406.